The summed E-state index contributed by atoms with van der Waals surface area (Å²) in [5.41, 5.74) is 1.01. The SMILES string of the molecule is C[C@H]([C@@H](O)[C@H](C)[C@@H](O)[C@H](C)CO)[C@H](O)Cc1ccccc1. The number of aliphatic hydroxyl groups is 4. The highest BCUT2D eigenvalue weighted by molar-refractivity contribution is 5.15. The van der Waals surface area contributed by atoms with E-state index >= 15 is 0 Å². The van der Waals surface area contributed by atoms with E-state index in [0.29, 0.717) is 6.42 Å². The molecule has 0 bridgehead atoms. The predicted octanol–water partition coefficient (Wildman–Crippen LogP) is 1.21. The van der Waals surface area contributed by atoms with Crippen molar-refractivity contribution in [3.8, 4) is 0 Å². The molecule has 4 heteroatoms. The molecule has 120 valence electrons. The fourth-order valence-corrected chi connectivity index (χ4v) is 2.58. The predicted molar refractivity (Wildman–Crippen MR) is 82.7 cm³/mol. The normalized spacial score (nSPS) is 20.3. The van der Waals surface area contributed by atoms with E-state index in [2.05, 4.69) is 0 Å². The van der Waals surface area contributed by atoms with E-state index in [1.54, 1.807) is 20.8 Å². The molecule has 0 aliphatic carbocycles. The van der Waals surface area contributed by atoms with E-state index in [0.717, 1.165) is 5.56 Å². The van der Waals surface area contributed by atoms with Gasteiger partial charge in [-0.05, 0) is 12.0 Å². The third-order valence-corrected chi connectivity index (χ3v) is 4.38. The maximum Gasteiger partial charge on any atom is 0.0640 e. The summed E-state index contributed by atoms with van der Waals surface area (Å²) in [6.45, 7) is 5.14. The Morgan fingerprint density at radius 1 is 0.857 bits per heavy atom. The lowest BCUT2D eigenvalue weighted by atomic mass is 9.81. The van der Waals surface area contributed by atoms with Gasteiger partial charge in [0.05, 0.1) is 18.3 Å². The van der Waals surface area contributed by atoms with Gasteiger partial charge in [-0.25, -0.2) is 0 Å². The molecule has 4 N–H and O–H groups in total. The number of rotatable bonds is 8. The van der Waals surface area contributed by atoms with Crippen molar-refractivity contribution in [2.24, 2.45) is 17.8 Å². The second kappa shape index (κ2) is 8.49. The summed E-state index contributed by atoms with van der Waals surface area (Å²) in [5.74, 6) is -1.07. The van der Waals surface area contributed by atoms with Crippen molar-refractivity contribution in [2.45, 2.75) is 45.5 Å². The third kappa shape index (κ3) is 5.08. The van der Waals surface area contributed by atoms with Crippen LogP contribution in [-0.4, -0.2) is 45.3 Å². The first-order valence-corrected chi connectivity index (χ1v) is 7.57. The van der Waals surface area contributed by atoms with Crippen LogP contribution in [-0.2, 0) is 6.42 Å². The molecule has 0 heterocycles. The first-order chi connectivity index (χ1) is 9.88. The molecule has 6 atom stereocenters. The Bertz CT molecular complexity index is 395. The van der Waals surface area contributed by atoms with Gasteiger partial charge in [0.25, 0.3) is 0 Å². The molecule has 0 amide bonds. The molecule has 0 unspecified atom stereocenters. The third-order valence-electron chi connectivity index (χ3n) is 4.38. The molecule has 0 aromatic heterocycles. The average Bonchev–Trinajstić information content (AvgIpc) is 2.52. The quantitative estimate of drug-likeness (QED) is 0.581. The topological polar surface area (TPSA) is 80.9 Å². The summed E-state index contributed by atoms with van der Waals surface area (Å²) >= 11 is 0. The lowest BCUT2D eigenvalue weighted by Gasteiger charge is -2.33. The number of benzene rings is 1. The molecular formula is C17H28O4. The lowest BCUT2D eigenvalue weighted by Crippen LogP contribution is -2.42. The Kier molecular flexibility index (Phi) is 7.32. The highest BCUT2D eigenvalue weighted by atomic mass is 16.3. The van der Waals surface area contributed by atoms with E-state index < -0.39 is 24.2 Å². The molecule has 0 saturated heterocycles. The fourth-order valence-electron chi connectivity index (χ4n) is 2.58. The maximum absolute atomic E-state index is 10.3. The summed E-state index contributed by atoms with van der Waals surface area (Å²) in [6.07, 6.45) is -1.83. The van der Waals surface area contributed by atoms with Crippen LogP contribution in [0.25, 0.3) is 0 Å². The van der Waals surface area contributed by atoms with Gasteiger partial charge in [-0.15, -0.1) is 0 Å². The zero-order chi connectivity index (χ0) is 16.0. The zero-order valence-corrected chi connectivity index (χ0v) is 13.1. The van der Waals surface area contributed by atoms with Crippen molar-refractivity contribution in [1.29, 1.82) is 0 Å². The summed E-state index contributed by atoms with van der Waals surface area (Å²) in [4.78, 5) is 0. The van der Waals surface area contributed by atoms with Gasteiger partial charge < -0.3 is 20.4 Å². The molecule has 1 aromatic carbocycles. The van der Waals surface area contributed by atoms with Crippen LogP contribution in [0.4, 0.5) is 0 Å². The Balaban J connectivity index is 2.62. The van der Waals surface area contributed by atoms with Crippen LogP contribution in [0.3, 0.4) is 0 Å². The molecule has 1 rings (SSSR count). The molecule has 0 aliphatic heterocycles. The molecule has 0 fully saturated rings. The minimum atomic E-state index is -0.826. The Morgan fingerprint density at radius 2 is 1.43 bits per heavy atom. The highest BCUT2D eigenvalue weighted by Crippen LogP contribution is 2.24. The highest BCUT2D eigenvalue weighted by Gasteiger charge is 2.32. The minimum Gasteiger partial charge on any atom is -0.396 e. The van der Waals surface area contributed by atoms with Crippen molar-refractivity contribution in [2.75, 3.05) is 6.61 Å². The molecule has 0 spiro atoms. The van der Waals surface area contributed by atoms with Gasteiger partial charge in [-0.3, -0.25) is 0 Å². The number of hydrogen-bond acceptors (Lipinski definition) is 4. The summed E-state index contributed by atoms with van der Waals surface area (Å²) in [6, 6.07) is 9.63. The first-order valence-electron chi connectivity index (χ1n) is 7.57. The van der Waals surface area contributed by atoms with Crippen LogP contribution < -0.4 is 0 Å². The number of aliphatic hydroxyl groups excluding tert-OH is 4. The first kappa shape index (κ1) is 18.1. The van der Waals surface area contributed by atoms with Crippen LogP contribution in [0.1, 0.15) is 26.3 Å². The van der Waals surface area contributed by atoms with Crippen molar-refractivity contribution in [3.63, 3.8) is 0 Å². The van der Waals surface area contributed by atoms with Gasteiger partial charge in [0.2, 0.25) is 0 Å². The van der Waals surface area contributed by atoms with Gasteiger partial charge in [0, 0.05) is 24.4 Å². The van der Waals surface area contributed by atoms with E-state index in [-0.39, 0.29) is 18.4 Å². The zero-order valence-electron chi connectivity index (χ0n) is 13.1. The second-order valence-corrected chi connectivity index (χ2v) is 6.12. The van der Waals surface area contributed by atoms with Gasteiger partial charge in [-0.1, -0.05) is 51.1 Å². The van der Waals surface area contributed by atoms with Crippen LogP contribution in [0.15, 0.2) is 30.3 Å². The molecule has 0 saturated carbocycles. The van der Waals surface area contributed by atoms with Crippen molar-refractivity contribution >= 4 is 0 Å². The summed E-state index contributed by atoms with van der Waals surface area (Å²) in [7, 11) is 0. The van der Waals surface area contributed by atoms with Gasteiger partial charge in [0.1, 0.15) is 0 Å². The molecule has 21 heavy (non-hydrogen) atoms. The number of hydrogen-bond donors (Lipinski definition) is 4. The Hall–Kier alpha value is -0.940. The van der Waals surface area contributed by atoms with Crippen LogP contribution in [0, 0.1) is 17.8 Å². The van der Waals surface area contributed by atoms with Crippen LogP contribution >= 0.6 is 0 Å². The van der Waals surface area contributed by atoms with E-state index in [1.165, 1.54) is 0 Å². The van der Waals surface area contributed by atoms with Crippen molar-refractivity contribution in [1.82, 2.24) is 0 Å². The van der Waals surface area contributed by atoms with Gasteiger partial charge >= 0.3 is 0 Å². The summed E-state index contributed by atoms with van der Waals surface area (Å²) in [5, 5.41) is 39.8. The monoisotopic (exact) mass is 296 g/mol. The van der Waals surface area contributed by atoms with E-state index in [1.807, 2.05) is 30.3 Å². The smallest absolute Gasteiger partial charge is 0.0640 e. The van der Waals surface area contributed by atoms with E-state index in [4.69, 9.17) is 5.11 Å². The summed E-state index contributed by atoms with van der Waals surface area (Å²) < 4.78 is 0. The molecule has 4 nitrogen and oxygen atoms in total. The Morgan fingerprint density at radius 3 is 1.95 bits per heavy atom. The molecule has 0 radical (unpaired) electrons. The van der Waals surface area contributed by atoms with E-state index in [9.17, 15) is 15.3 Å². The largest absolute Gasteiger partial charge is 0.396 e. The Labute approximate surface area is 127 Å². The lowest BCUT2D eigenvalue weighted by molar-refractivity contribution is -0.0630. The van der Waals surface area contributed by atoms with Crippen LogP contribution in [0.5, 0.6) is 0 Å². The minimum absolute atomic E-state index is 0.126. The van der Waals surface area contributed by atoms with Gasteiger partial charge in [-0.2, -0.15) is 0 Å². The molecule has 1 aromatic rings. The molecule has 0 aliphatic rings. The van der Waals surface area contributed by atoms with Gasteiger partial charge in [0.15, 0.2) is 0 Å². The maximum atomic E-state index is 10.3. The van der Waals surface area contributed by atoms with Crippen molar-refractivity contribution < 1.29 is 20.4 Å². The standard InChI is InChI=1S/C17H28O4/c1-11(10-18)16(20)13(3)17(21)12(2)15(19)9-14-7-5-4-6-8-14/h4-8,11-13,15-21H,9-10H2,1-3H3/t11-,12+,13-,15-,16+,17-/m1/s1. The van der Waals surface area contributed by atoms with Crippen LogP contribution in [0.2, 0.25) is 0 Å². The molecular weight excluding hydrogens is 268 g/mol. The fraction of sp³-hybridized carbons (Fsp3) is 0.647. The average molecular weight is 296 g/mol. The second-order valence-electron chi connectivity index (χ2n) is 6.12. The van der Waals surface area contributed by atoms with Crippen molar-refractivity contribution in [3.05, 3.63) is 35.9 Å².